The molecular formula is C34H49ClN4O3S. The van der Waals surface area contributed by atoms with Gasteiger partial charge >= 0.3 is 0 Å². The fourth-order valence-electron chi connectivity index (χ4n) is 6.42. The molecule has 3 atom stereocenters. The van der Waals surface area contributed by atoms with Crippen molar-refractivity contribution < 1.29 is 13.5 Å². The Balaban J connectivity index is 1.90. The zero-order valence-corrected chi connectivity index (χ0v) is 28.0. The molecule has 2 N–H and O–H groups in total. The summed E-state index contributed by atoms with van der Waals surface area (Å²) in [6.07, 6.45) is 19.0. The summed E-state index contributed by atoms with van der Waals surface area (Å²) < 4.78 is 26.1. The molecule has 7 nitrogen and oxygen atoms in total. The van der Waals surface area contributed by atoms with Crippen molar-refractivity contribution in [2.45, 2.75) is 103 Å². The highest BCUT2D eigenvalue weighted by Crippen LogP contribution is 2.44. The molecule has 3 unspecified atom stereocenters. The van der Waals surface area contributed by atoms with Gasteiger partial charge in [-0.05, 0) is 106 Å². The fourth-order valence-corrected chi connectivity index (χ4v) is 7.47. The minimum Gasteiger partial charge on any atom is -0.390 e. The van der Waals surface area contributed by atoms with E-state index in [-0.39, 0.29) is 17.8 Å². The van der Waals surface area contributed by atoms with Gasteiger partial charge in [-0.25, -0.2) is 17.7 Å². The summed E-state index contributed by atoms with van der Waals surface area (Å²) in [5.74, 6) is 3.14. The molecule has 0 aliphatic carbocycles. The van der Waals surface area contributed by atoms with Crippen LogP contribution in [0, 0.1) is 18.3 Å². The van der Waals surface area contributed by atoms with E-state index in [1.165, 1.54) is 17.4 Å². The molecule has 2 aromatic rings. The van der Waals surface area contributed by atoms with Crippen LogP contribution in [0.3, 0.4) is 0 Å². The molecule has 0 amide bonds. The van der Waals surface area contributed by atoms with Crippen LogP contribution in [0.25, 0.3) is 0 Å². The van der Waals surface area contributed by atoms with Crippen molar-refractivity contribution >= 4 is 27.8 Å². The molecule has 0 radical (unpaired) electrons. The summed E-state index contributed by atoms with van der Waals surface area (Å²) in [6, 6.07) is 6.15. The Kier molecular flexibility index (Phi) is 13.1. The number of allylic oxidation sites excluding steroid dienone is 2. The van der Waals surface area contributed by atoms with E-state index in [0.717, 1.165) is 55.5 Å². The van der Waals surface area contributed by atoms with Gasteiger partial charge in [-0.1, -0.05) is 31.5 Å². The molecule has 9 heteroatoms. The fraction of sp³-hybridized carbons (Fsp3) is 0.588. The molecule has 43 heavy (non-hydrogen) atoms. The number of aromatic amines is 1. The molecule has 0 saturated carbocycles. The number of halogens is 1. The van der Waals surface area contributed by atoms with Crippen LogP contribution < -0.4 is 0 Å². The maximum atomic E-state index is 12.3. The number of benzene rings is 1. The maximum Gasteiger partial charge on any atom is 0.211 e. The summed E-state index contributed by atoms with van der Waals surface area (Å²) in [4.78, 5) is 12.1. The van der Waals surface area contributed by atoms with Crippen LogP contribution in [-0.4, -0.2) is 59.0 Å². The first-order chi connectivity index (χ1) is 20.4. The number of piperidine rings is 1. The highest BCUT2D eigenvalue weighted by Gasteiger charge is 2.35. The van der Waals surface area contributed by atoms with E-state index in [1.807, 2.05) is 32.3 Å². The largest absolute Gasteiger partial charge is 0.390 e. The Morgan fingerprint density at radius 3 is 2.63 bits per heavy atom. The van der Waals surface area contributed by atoms with Crippen molar-refractivity contribution in [2.24, 2.45) is 10.9 Å². The quantitative estimate of drug-likeness (QED) is 0.160. The van der Waals surface area contributed by atoms with E-state index in [9.17, 15) is 13.5 Å². The van der Waals surface area contributed by atoms with E-state index in [0.29, 0.717) is 37.4 Å². The second-order valence-corrected chi connectivity index (χ2v) is 14.6. The zero-order valence-electron chi connectivity index (χ0n) is 26.4. The number of nitrogens with zero attached hydrogens (tertiary/aromatic N) is 3. The van der Waals surface area contributed by atoms with Gasteiger partial charge in [-0.2, -0.15) is 0 Å². The number of hydrogen-bond acceptors (Lipinski definition) is 5. The molecule has 1 aliphatic heterocycles. The van der Waals surface area contributed by atoms with Gasteiger partial charge in [-0.15, -0.1) is 12.3 Å². The Labute approximate surface area is 264 Å². The van der Waals surface area contributed by atoms with Gasteiger partial charge in [0.2, 0.25) is 10.0 Å². The molecule has 236 valence electrons. The number of nitrogens with one attached hydrogen (secondary N) is 1. The predicted molar refractivity (Wildman–Crippen MR) is 178 cm³/mol. The lowest BCUT2D eigenvalue weighted by molar-refractivity contribution is 0.0163. The normalized spacial score (nSPS) is 18.7. The van der Waals surface area contributed by atoms with Crippen molar-refractivity contribution in [3.05, 3.63) is 63.8 Å². The highest BCUT2D eigenvalue weighted by atomic mass is 35.5. The van der Waals surface area contributed by atoms with Crippen molar-refractivity contribution in [3.8, 4) is 12.3 Å². The number of imidazole rings is 1. The van der Waals surface area contributed by atoms with Gasteiger partial charge in [0.1, 0.15) is 0 Å². The highest BCUT2D eigenvalue weighted by molar-refractivity contribution is 7.88. The monoisotopic (exact) mass is 628 g/mol. The molecule has 1 aliphatic rings. The first-order valence-electron chi connectivity index (χ1n) is 15.5. The second-order valence-electron chi connectivity index (χ2n) is 12.1. The van der Waals surface area contributed by atoms with Gasteiger partial charge < -0.3 is 10.1 Å². The minimum absolute atomic E-state index is 0.0389. The predicted octanol–water partition coefficient (Wildman–Crippen LogP) is 7.25. The van der Waals surface area contributed by atoms with Crippen molar-refractivity contribution in [2.75, 3.05) is 19.3 Å². The van der Waals surface area contributed by atoms with Crippen LogP contribution in [0.4, 0.5) is 0 Å². The third-order valence-electron chi connectivity index (χ3n) is 9.07. The number of aliphatic imine (C=N–C) groups is 1. The topological polar surface area (TPSA) is 98.7 Å². The van der Waals surface area contributed by atoms with Crippen LogP contribution in [0.5, 0.6) is 0 Å². The minimum atomic E-state index is -3.24. The number of aliphatic hydroxyl groups is 1. The average molecular weight is 629 g/mol. The first kappa shape index (κ1) is 35.0. The van der Waals surface area contributed by atoms with Crippen LogP contribution in [0.2, 0.25) is 5.02 Å². The molecular weight excluding hydrogens is 580 g/mol. The number of rotatable bonds is 15. The van der Waals surface area contributed by atoms with Crippen molar-refractivity contribution in [1.29, 1.82) is 0 Å². The van der Waals surface area contributed by atoms with Crippen molar-refractivity contribution in [1.82, 2.24) is 14.3 Å². The third kappa shape index (κ3) is 9.78. The van der Waals surface area contributed by atoms with Gasteiger partial charge in [-0.3, -0.25) is 4.99 Å². The van der Waals surface area contributed by atoms with E-state index in [4.69, 9.17) is 23.0 Å². The van der Waals surface area contributed by atoms with Gasteiger partial charge in [0.25, 0.3) is 0 Å². The SMILES string of the molecule is C#CC/C(C)=C(\N=CC)C(c1ccc(Cl)cc1C(C)CCCC(O)(CC)CCc1cnc[nH]1)C1CCN(S(C)(=O)=O)CC1. The Hall–Kier alpha value is -2.44. The van der Waals surface area contributed by atoms with Crippen LogP contribution >= 0.6 is 11.6 Å². The van der Waals surface area contributed by atoms with Gasteiger partial charge in [0.15, 0.2) is 0 Å². The van der Waals surface area contributed by atoms with Crippen molar-refractivity contribution in [3.63, 3.8) is 0 Å². The standard InChI is InChI=1S/C34H49ClN4O3S/c1-7-11-26(5)33(37-9-3)32(27-16-20-39(21-17-27)43(6,41)42)30-14-13-28(35)22-31(30)25(4)12-10-18-34(40,8-2)19-15-29-23-36-24-38-29/h1,9,13-14,22-25,27,32,40H,8,10-12,15-21H2,2-6H3,(H,36,38)/b33-26-,37-9?. The molecule has 1 fully saturated rings. The van der Waals surface area contributed by atoms with E-state index < -0.39 is 15.6 Å². The third-order valence-corrected chi connectivity index (χ3v) is 10.6. The average Bonchev–Trinajstić information content (AvgIpc) is 3.50. The van der Waals surface area contributed by atoms with Crippen LogP contribution in [-0.2, 0) is 16.4 Å². The summed E-state index contributed by atoms with van der Waals surface area (Å²) in [7, 11) is -3.24. The Bertz CT molecular complexity index is 1390. The number of aromatic nitrogens is 2. The van der Waals surface area contributed by atoms with Crippen LogP contribution in [0.15, 0.2) is 47.0 Å². The van der Waals surface area contributed by atoms with E-state index in [2.05, 4.69) is 41.9 Å². The second kappa shape index (κ2) is 16.0. The molecule has 1 aromatic carbocycles. The summed E-state index contributed by atoms with van der Waals surface area (Å²) in [5, 5.41) is 12.0. The lowest BCUT2D eigenvalue weighted by Gasteiger charge is -2.37. The number of aryl methyl sites for hydroxylation is 1. The summed E-state index contributed by atoms with van der Waals surface area (Å²) >= 11 is 6.60. The van der Waals surface area contributed by atoms with E-state index >= 15 is 0 Å². The Morgan fingerprint density at radius 2 is 2.05 bits per heavy atom. The maximum absolute atomic E-state index is 12.3. The van der Waals surface area contributed by atoms with E-state index in [1.54, 1.807) is 10.6 Å². The first-order valence-corrected chi connectivity index (χ1v) is 17.7. The number of hydrogen-bond donors (Lipinski definition) is 2. The molecule has 0 spiro atoms. The molecule has 2 heterocycles. The zero-order chi connectivity index (χ0) is 31.6. The lowest BCUT2D eigenvalue weighted by Crippen LogP contribution is -2.39. The van der Waals surface area contributed by atoms with Crippen LogP contribution in [0.1, 0.15) is 108 Å². The molecule has 3 rings (SSSR count). The number of sulfonamides is 1. The number of terminal acetylenes is 1. The molecule has 1 saturated heterocycles. The van der Waals surface area contributed by atoms with Gasteiger partial charge in [0, 0.05) is 54.3 Å². The summed E-state index contributed by atoms with van der Waals surface area (Å²) in [6.45, 7) is 9.22. The van der Waals surface area contributed by atoms with Gasteiger partial charge in [0.05, 0.1) is 18.2 Å². The summed E-state index contributed by atoms with van der Waals surface area (Å²) in [5.41, 5.74) is 4.68. The molecule has 1 aromatic heterocycles. The number of H-pyrrole nitrogens is 1. The Morgan fingerprint density at radius 1 is 1.33 bits per heavy atom. The lowest BCUT2D eigenvalue weighted by atomic mass is 9.74. The smallest absolute Gasteiger partial charge is 0.211 e. The molecule has 0 bridgehead atoms.